The van der Waals surface area contributed by atoms with Gasteiger partial charge in [-0.25, -0.2) is 0 Å². The van der Waals surface area contributed by atoms with Crippen molar-refractivity contribution in [1.29, 1.82) is 0 Å². The Hall–Kier alpha value is -2.13. The first-order valence-electron chi connectivity index (χ1n) is 8.53. The van der Waals surface area contributed by atoms with Crippen molar-refractivity contribution in [1.82, 2.24) is 9.97 Å². The molecule has 2 heterocycles. The third-order valence-corrected chi connectivity index (χ3v) is 4.86. The number of ether oxygens (including phenoxy) is 1. The molecule has 3 aromatic rings. The molecule has 0 spiro atoms. The van der Waals surface area contributed by atoms with Gasteiger partial charge in [0.2, 0.25) is 0 Å². The first kappa shape index (κ1) is 16.7. The topological polar surface area (TPSA) is 37.9 Å². The van der Waals surface area contributed by atoms with Crippen LogP contribution in [0.2, 0.25) is 0 Å². The lowest BCUT2D eigenvalue weighted by molar-refractivity contribution is 0.0158. The Balaban J connectivity index is 1.89. The van der Waals surface area contributed by atoms with E-state index in [4.69, 9.17) is 4.74 Å². The Morgan fingerprint density at radius 3 is 2.71 bits per heavy atom. The Kier molecular flexibility index (Phi) is 4.72. The molecule has 0 aliphatic carbocycles. The van der Waals surface area contributed by atoms with Crippen LogP contribution in [0.4, 0.5) is 0 Å². The van der Waals surface area contributed by atoms with Gasteiger partial charge in [0.15, 0.2) is 0 Å². The number of pyridine rings is 1. The molecule has 0 saturated heterocycles. The molecule has 0 saturated carbocycles. The molecule has 0 amide bonds. The lowest BCUT2D eigenvalue weighted by Gasteiger charge is -2.22. The Labute approximate surface area is 144 Å². The lowest BCUT2D eigenvalue weighted by atomic mass is 9.96. The lowest BCUT2D eigenvalue weighted by Crippen LogP contribution is -2.22. The highest BCUT2D eigenvalue weighted by atomic mass is 16.5. The van der Waals surface area contributed by atoms with Crippen molar-refractivity contribution in [3.8, 4) is 0 Å². The number of aromatic nitrogens is 2. The van der Waals surface area contributed by atoms with Gasteiger partial charge in [-0.1, -0.05) is 12.1 Å². The van der Waals surface area contributed by atoms with E-state index >= 15 is 0 Å². The number of hydrogen-bond donors (Lipinski definition) is 1. The maximum Gasteiger partial charge on any atom is 0.0625 e. The Morgan fingerprint density at radius 1 is 1.17 bits per heavy atom. The highest BCUT2D eigenvalue weighted by Crippen LogP contribution is 2.27. The zero-order valence-electron chi connectivity index (χ0n) is 15.0. The minimum absolute atomic E-state index is 0.0818. The summed E-state index contributed by atoms with van der Waals surface area (Å²) in [5.41, 5.74) is 6.34. The van der Waals surface area contributed by atoms with E-state index in [2.05, 4.69) is 55.0 Å². The second-order valence-electron chi connectivity index (χ2n) is 7.11. The number of nitrogens with zero attached hydrogens (tertiary/aromatic N) is 1. The number of benzene rings is 1. The molecular weight excluding hydrogens is 296 g/mol. The molecule has 126 valence electrons. The molecule has 0 unspecified atom stereocenters. The van der Waals surface area contributed by atoms with Crippen LogP contribution >= 0.6 is 0 Å². The van der Waals surface area contributed by atoms with Crippen LogP contribution in [-0.2, 0) is 17.6 Å². The third kappa shape index (κ3) is 3.68. The quantitative estimate of drug-likeness (QED) is 0.706. The van der Waals surface area contributed by atoms with Gasteiger partial charge in [-0.3, -0.25) is 4.98 Å². The van der Waals surface area contributed by atoms with E-state index in [9.17, 15) is 0 Å². The average Bonchev–Trinajstić information content (AvgIpc) is 2.89. The molecular formula is C21H26N2O. The predicted octanol–water partition coefficient (Wildman–Crippen LogP) is 4.82. The SMILES string of the molecule is COC(C)(C)CCc1ccc2[nH]c(C)c(Cc3cccnc3)c2c1. The first-order valence-corrected chi connectivity index (χ1v) is 8.53. The fraction of sp³-hybridized carbons (Fsp3) is 0.381. The molecule has 0 atom stereocenters. The summed E-state index contributed by atoms with van der Waals surface area (Å²) in [6.07, 6.45) is 6.71. The summed E-state index contributed by atoms with van der Waals surface area (Å²) in [5.74, 6) is 0. The van der Waals surface area contributed by atoms with Gasteiger partial charge in [-0.05, 0) is 68.5 Å². The summed E-state index contributed by atoms with van der Waals surface area (Å²) >= 11 is 0. The molecule has 0 radical (unpaired) electrons. The van der Waals surface area contributed by atoms with Crippen LogP contribution in [0.5, 0.6) is 0 Å². The van der Waals surface area contributed by atoms with Crippen LogP contribution in [0.25, 0.3) is 10.9 Å². The summed E-state index contributed by atoms with van der Waals surface area (Å²) in [5, 5.41) is 1.32. The van der Waals surface area contributed by atoms with Crippen LogP contribution in [0, 0.1) is 6.92 Å². The van der Waals surface area contributed by atoms with Crippen LogP contribution < -0.4 is 0 Å². The zero-order chi connectivity index (χ0) is 17.2. The maximum absolute atomic E-state index is 5.54. The summed E-state index contributed by atoms with van der Waals surface area (Å²) in [6, 6.07) is 10.9. The zero-order valence-corrected chi connectivity index (χ0v) is 15.0. The van der Waals surface area contributed by atoms with Crippen molar-refractivity contribution >= 4 is 10.9 Å². The second-order valence-corrected chi connectivity index (χ2v) is 7.11. The normalized spacial score (nSPS) is 12.0. The molecule has 2 aromatic heterocycles. The van der Waals surface area contributed by atoms with Crippen molar-refractivity contribution in [2.45, 2.75) is 45.6 Å². The predicted molar refractivity (Wildman–Crippen MR) is 99.5 cm³/mol. The number of methoxy groups -OCH3 is 1. The Bertz CT molecular complexity index is 818. The number of H-pyrrole nitrogens is 1. The standard InChI is InChI=1S/C21H26N2O/c1-15-18(13-17-6-5-11-22-14-17)19-12-16(7-8-20(19)23-15)9-10-21(2,3)24-4/h5-8,11-12,14,23H,9-10,13H2,1-4H3. The molecule has 1 aromatic carbocycles. The average molecular weight is 322 g/mol. The molecule has 0 bridgehead atoms. The third-order valence-electron chi connectivity index (χ3n) is 4.86. The van der Waals surface area contributed by atoms with E-state index < -0.39 is 0 Å². The minimum atomic E-state index is -0.0818. The first-order chi connectivity index (χ1) is 11.5. The highest BCUT2D eigenvalue weighted by molar-refractivity contribution is 5.85. The second kappa shape index (κ2) is 6.78. The highest BCUT2D eigenvalue weighted by Gasteiger charge is 2.16. The van der Waals surface area contributed by atoms with Crippen molar-refractivity contribution in [2.24, 2.45) is 0 Å². The summed E-state index contributed by atoms with van der Waals surface area (Å²) in [7, 11) is 1.78. The van der Waals surface area contributed by atoms with E-state index in [0.717, 1.165) is 19.3 Å². The van der Waals surface area contributed by atoms with Gasteiger partial charge in [0.25, 0.3) is 0 Å². The summed E-state index contributed by atoms with van der Waals surface area (Å²) in [4.78, 5) is 7.75. The molecule has 1 N–H and O–H groups in total. The van der Waals surface area contributed by atoms with Gasteiger partial charge >= 0.3 is 0 Å². The number of aryl methyl sites for hydroxylation is 2. The van der Waals surface area contributed by atoms with Gasteiger partial charge in [0.05, 0.1) is 5.60 Å². The van der Waals surface area contributed by atoms with Crippen molar-refractivity contribution in [3.05, 3.63) is 65.1 Å². The van der Waals surface area contributed by atoms with Crippen molar-refractivity contribution < 1.29 is 4.74 Å². The maximum atomic E-state index is 5.54. The van der Waals surface area contributed by atoms with E-state index in [1.807, 2.05) is 18.5 Å². The van der Waals surface area contributed by atoms with E-state index in [1.165, 1.54) is 33.3 Å². The van der Waals surface area contributed by atoms with Gasteiger partial charge in [0, 0.05) is 42.5 Å². The van der Waals surface area contributed by atoms with Crippen molar-refractivity contribution in [2.75, 3.05) is 7.11 Å². The van der Waals surface area contributed by atoms with E-state index in [1.54, 1.807) is 7.11 Å². The van der Waals surface area contributed by atoms with Gasteiger partial charge in [-0.15, -0.1) is 0 Å². The smallest absolute Gasteiger partial charge is 0.0625 e. The van der Waals surface area contributed by atoms with Gasteiger partial charge in [-0.2, -0.15) is 0 Å². The largest absolute Gasteiger partial charge is 0.379 e. The summed E-state index contributed by atoms with van der Waals surface area (Å²) < 4.78 is 5.54. The van der Waals surface area contributed by atoms with Crippen LogP contribution in [0.1, 0.15) is 42.7 Å². The fourth-order valence-corrected chi connectivity index (χ4v) is 3.07. The number of nitrogens with one attached hydrogen (secondary N) is 1. The molecule has 0 aliphatic rings. The number of fused-ring (bicyclic) bond motifs is 1. The molecule has 3 nitrogen and oxygen atoms in total. The number of hydrogen-bond acceptors (Lipinski definition) is 2. The monoisotopic (exact) mass is 322 g/mol. The van der Waals surface area contributed by atoms with Crippen LogP contribution in [0.15, 0.2) is 42.7 Å². The molecule has 3 heteroatoms. The number of aromatic amines is 1. The summed E-state index contributed by atoms with van der Waals surface area (Å²) in [6.45, 7) is 6.43. The van der Waals surface area contributed by atoms with E-state index in [0.29, 0.717) is 0 Å². The van der Waals surface area contributed by atoms with Crippen molar-refractivity contribution in [3.63, 3.8) is 0 Å². The van der Waals surface area contributed by atoms with Crippen LogP contribution in [-0.4, -0.2) is 22.7 Å². The molecule has 0 fully saturated rings. The number of rotatable bonds is 6. The Morgan fingerprint density at radius 2 is 2.00 bits per heavy atom. The minimum Gasteiger partial charge on any atom is -0.379 e. The molecule has 0 aliphatic heterocycles. The van der Waals surface area contributed by atoms with Gasteiger partial charge < -0.3 is 9.72 Å². The van der Waals surface area contributed by atoms with Gasteiger partial charge in [0.1, 0.15) is 0 Å². The molecule has 24 heavy (non-hydrogen) atoms. The molecule has 3 rings (SSSR count). The van der Waals surface area contributed by atoms with Crippen LogP contribution in [0.3, 0.4) is 0 Å². The van der Waals surface area contributed by atoms with E-state index in [-0.39, 0.29) is 5.60 Å². The fourth-order valence-electron chi connectivity index (χ4n) is 3.07.